The van der Waals surface area contributed by atoms with E-state index < -0.39 is 0 Å². The molecule has 2 heterocycles. The zero-order valence-corrected chi connectivity index (χ0v) is 46.4. The Morgan fingerprint density at radius 2 is 0.762 bits per heavy atom. The average Bonchev–Trinajstić information content (AvgIpc) is 3.09. The van der Waals surface area contributed by atoms with Gasteiger partial charge in [0, 0.05) is 11.8 Å². The van der Waals surface area contributed by atoms with Gasteiger partial charge in [-0.1, -0.05) is 136 Å². The van der Waals surface area contributed by atoms with Crippen LogP contribution in [0.25, 0.3) is 55.8 Å². The van der Waals surface area contributed by atoms with Crippen LogP contribution in [-0.2, 0) is 25.8 Å². The van der Waals surface area contributed by atoms with Crippen LogP contribution < -0.4 is 0 Å². The summed E-state index contributed by atoms with van der Waals surface area (Å²) in [4.78, 5) is 9.66. The molecule has 6 rings (SSSR count). The molecule has 4 nitrogen and oxygen atoms in total. The molecule has 0 bridgehead atoms. The van der Waals surface area contributed by atoms with Crippen molar-refractivity contribution in [1.29, 1.82) is 0 Å². The largest absolute Gasteiger partial charge is 4.00 e. The van der Waals surface area contributed by atoms with Crippen molar-refractivity contribution in [3.05, 3.63) is 172 Å². The van der Waals surface area contributed by atoms with Gasteiger partial charge in [0.15, 0.2) is 0 Å². The second-order valence-corrected chi connectivity index (χ2v) is 19.7. The number of nitrogens with one attached hydrogen (secondary N) is 1. The van der Waals surface area contributed by atoms with Crippen molar-refractivity contribution in [2.75, 3.05) is 13.1 Å². The molecule has 0 amide bonds. The summed E-state index contributed by atoms with van der Waals surface area (Å²) in [5, 5.41) is 4.89. The van der Waals surface area contributed by atoms with E-state index in [-0.39, 0.29) is 51.5 Å². The average molecular weight is 1010 g/mol. The molecule has 0 unspecified atom stereocenters. The number of nitrogens with zero attached hydrogens (tertiary/aromatic N) is 3. The third-order valence-corrected chi connectivity index (χ3v) is 10.6. The van der Waals surface area contributed by atoms with E-state index in [0.29, 0.717) is 6.54 Å². The summed E-state index contributed by atoms with van der Waals surface area (Å²) in [6.45, 7) is 40.2. The van der Waals surface area contributed by atoms with Crippen molar-refractivity contribution >= 4 is 5.82 Å². The van der Waals surface area contributed by atoms with Crippen LogP contribution in [-0.4, -0.2) is 23.1 Å². The van der Waals surface area contributed by atoms with Gasteiger partial charge in [0.05, 0.1) is 5.69 Å². The molecule has 6 aromatic rings. The number of aryl methyl sites for hydroxylation is 12. The van der Waals surface area contributed by atoms with Crippen LogP contribution in [0, 0.1) is 109 Å². The van der Waals surface area contributed by atoms with Gasteiger partial charge >= 0.3 is 25.8 Å². The van der Waals surface area contributed by atoms with E-state index in [1.165, 1.54) is 100 Å². The minimum Gasteiger partial charge on any atom is -0.677 e. The Bertz CT molecular complexity index is 2220. The molecule has 0 radical (unpaired) electrons. The third kappa shape index (κ3) is 15.8. The fraction of sp³-hybridized carbons (Fsp3) is 0.379. The third-order valence-electron chi connectivity index (χ3n) is 10.6. The molecule has 0 fully saturated rings. The standard InChI is InChI=1S/C28H35N2.C23H25N.C5H12N.2CH3.Hf/c1-17-10-19(3)26(20(4)11-17)23-14-24(27-21(5)12-18(2)13-22(27)6)30-25(15-23)29-16-28(7,8)9;1-14-9-16(3)22(17(4)10-14)20-7-8-24-21(13-20)23-18(5)11-15(2)12-19(23)6;1-5(2,3)4-6;;;/h10-15H,16H2,1-9H3;7-13H,1-6H3;6H,4H2,1-3H3;2*1H3;/q-1;;3*-1;+4. The zero-order chi connectivity index (χ0) is 44.9. The van der Waals surface area contributed by atoms with Gasteiger partial charge in [-0.2, -0.15) is 0 Å². The second-order valence-electron chi connectivity index (χ2n) is 19.7. The maximum absolute atomic E-state index is 6.85. The minimum absolute atomic E-state index is 0. The molecule has 0 atom stereocenters. The molecule has 0 spiro atoms. The van der Waals surface area contributed by atoms with E-state index in [4.69, 9.17) is 16.0 Å². The molecule has 4 aromatic carbocycles. The maximum atomic E-state index is 6.85. The Morgan fingerprint density at radius 3 is 1.11 bits per heavy atom. The SMILES string of the molecule is CC(C)(C)C[NH-].Cc1cc(C)c(-c2cc([N-]CC(C)(C)C)nc(-c3c(C)cc(C)cc3C)c2)c(C)c1.Cc1cc(C)c(-c2ccnc(-c3c(C)cc(C)cc3C)c2)c(C)c1.[CH3-].[CH3-].[Hf+4]. The van der Waals surface area contributed by atoms with Crippen LogP contribution >= 0.6 is 0 Å². The number of benzene rings is 4. The predicted molar refractivity (Wildman–Crippen MR) is 276 cm³/mol. The van der Waals surface area contributed by atoms with Crippen molar-refractivity contribution in [2.45, 2.75) is 125 Å². The van der Waals surface area contributed by atoms with E-state index in [0.717, 1.165) is 23.8 Å². The van der Waals surface area contributed by atoms with Gasteiger partial charge < -0.3 is 30.9 Å². The van der Waals surface area contributed by atoms with Gasteiger partial charge in [-0.05, 0) is 185 Å². The zero-order valence-electron chi connectivity index (χ0n) is 42.8. The summed E-state index contributed by atoms with van der Waals surface area (Å²) in [6.07, 6.45) is 1.93. The first kappa shape index (κ1) is 56.8. The summed E-state index contributed by atoms with van der Waals surface area (Å²) in [5.41, 5.74) is 32.3. The van der Waals surface area contributed by atoms with Gasteiger partial charge in [0.2, 0.25) is 0 Å². The summed E-state index contributed by atoms with van der Waals surface area (Å²) < 4.78 is 0. The summed E-state index contributed by atoms with van der Waals surface area (Å²) in [6, 6.07) is 26.7. The van der Waals surface area contributed by atoms with Crippen molar-refractivity contribution in [3.8, 4) is 44.8 Å². The van der Waals surface area contributed by atoms with Gasteiger partial charge in [0.1, 0.15) is 0 Å². The molecular weight excluding hydrogens is 931 g/mol. The number of rotatable bonds is 6. The van der Waals surface area contributed by atoms with Crippen molar-refractivity contribution < 1.29 is 25.8 Å². The molecule has 0 saturated heterocycles. The van der Waals surface area contributed by atoms with E-state index >= 15 is 0 Å². The first-order valence-corrected chi connectivity index (χ1v) is 21.5. The Kier molecular flexibility index (Phi) is 21.3. The quantitative estimate of drug-likeness (QED) is 0.123. The molecular formula is C58H78HfN4. The molecule has 0 saturated carbocycles. The smallest absolute Gasteiger partial charge is 0.677 e. The normalized spacial score (nSPS) is 10.8. The summed E-state index contributed by atoms with van der Waals surface area (Å²) in [7, 11) is 0. The first-order valence-electron chi connectivity index (χ1n) is 21.5. The molecule has 0 aliphatic heterocycles. The maximum Gasteiger partial charge on any atom is 4.00 e. The Balaban J connectivity index is 0.000000543. The van der Waals surface area contributed by atoms with Crippen molar-refractivity contribution in [1.82, 2.24) is 9.97 Å². The second kappa shape index (κ2) is 23.7. The van der Waals surface area contributed by atoms with Gasteiger partial charge in [0.25, 0.3) is 0 Å². The number of pyridine rings is 2. The Hall–Kier alpha value is -4.19. The Morgan fingerprint density at radius 1 is 0.444 bits per heavy atom. The molecule has 0 aliphatic carbocycles. The monoisotopic (exact) mass is 1010 g/mol. The molecule has 334 valence electrons. The van der Waals surface area contributed by atoms with Crippen LogP contribution in [0.2, 0.25) is 0 Å². The predicted octanol–water partition coefficient (Wildman–Crippen LogP) is 17.6. The van der Waals surface area contributed by atoms with E-state index in [2.05, 4.69) is 202 Å². The van der Waals surface area contributed by atoms with Gasteiger partial charge in [-0.25, -0.2) is 0 Å². The van der Waals surface area contributed by atoms with E-state index in [1.54, 1.807) is 0 Å². The first-order chi connectivity index (χ1) is 27.9. The Labute approximate surface area is 404 Å². The van der Waals surface area contributed by atoms with Crippen molar-refractivity contribution in [2.24, 2.45) is 10.8 Å². The van der Waals surface area contributed by atoms with Crippen LogP contribution in [0.15, 0.2) is 79.0 Å². The number of aromatic nitrogens is 2. The fourth-order valence-corrected chi connectivity index (χ4v) is 8.35. The van der Waals surface area contributed by atoms with Gasteiger partial charge in [-0.15, -0.1) is 6.54 Å². The molecule has 63 heavy (non-hydrogen) atoms. The number of hydrogen-bond donors (Lipinski definition) is 0. The van der Waals surface area contributed by atoms with Crippen molar-refractivity contribution in [3.63, 3.8) is 0 Å². The van der Waals surface area contributed by atoms with Crippen LogP contribution in [0.3, 0.4) is 0 Å². The molecule has 2 aromatic heterocycles. The van der Waals surface area contributed by atoms with E-state index in [1.807, 2.05) is 6.20 Å². The summed E-state index contributed by atoms with van der Waals surface area (Å²) in [5.74, 6) is 0.816. The van der Waals surface area contributed by atoms with Crippen LogP contribution in [0.4, 0.5) is 5.82 Å². The van der Waals surface area contributed by atoms with Gasteiger partial charge in [-0.3, -0.25) is 4.98 Å². The molecule has 1 N–H and O–H groups in total. The number of hydrogen-bond acceptors (Lipinski definition) is 2. The summed E-state index contributed by atoms with van der Waals surface area (Å²) >= 11 is 0. The van der Waals surface area contributed by atoms with Crippen LogP contribution in [0.1, 0.15) is 108 Å². The fourth-order valence-electron chi connectivity index (χ4n) is 8.35. The minimum atomic E-state index is 0. The van der Waals surface area contributed by atoms with E-state index in [9.17, 15) is 0 Å². The molecule has 0 aliphatic rings. The topological polar surface area (TPSA) is 63.7 Å². The van der Waals surface area contributed by atoms with Crippen LogP contribution in [0.5, 0.6) is 0 Å². The molecule has 5 heteroatoms.